The molecule has 2 heterocycles. The minimum Gasteiger partial charge on any atom is -0.507 e. The molecule has 1 saturated heterocycles. The van der Waals surface area contributed by atoms with E-state index in [0.717, 1.165) is 11.1 Å². The topological polar surface area (TPSA) is 179 Å². The summed E-state index contributed by atoms with van der Waals surface area (Å²) < 4.78 is 22.8. The fourth-order valence-corrected chi connectivity index (χ4v) is 4.84. The predicted octanol–water partition coefficient (Wildman–Crippen LogP) is 2.56. The zero-order chi connectivity index (χ0) is 30.2. The van der Waals surface area contributed by atoms with Crippen LogP contribution in [0.5, 0.6) is 23.0 Å². The molecule has 0 radical (unpaired) electrons. The molecule has 5 atom stereocenters. The van der Waals surface area contributed by atoms with Crippen molar-refractivity contribution in [1.82, 2.24) is 0 Å². The van der Waals surface area contributed by atoms with Gasteiger partial charge in [-0.2, -0.15) is 0 Å². The average Bonchev–Trinajstić information content (AvgIpc) is 2.91. The van der Waals surface area contributed by atoms with Gasteiger partial charge in [0.05, 0.1) is 19.1 Å². The summed E-state index contributed by atoms with van der Waals surface area (Å²) in [4.78, 5) is 14.0. The number of aliphatic hydroxyl groups is 4. The Hall–Kier alpha value is -3.61. The molecule has 0 saturated carbocycles. The molecule has 1 aliphatic heterocycles. The second-order valence-electron chi connectivity index (χ2n) is 10.6. The Morgan fingerprint density at radius 1 is 0.902 bits per heavy atom. The molecule has 41 heavy (non-hydrogen) atoms. The van der Waals surface area contributed by atoms with Crippen molar-refractivity contribution in [2.75, 3.05) is 13.7 Å². The third-order valence-corrected chi connectivity index (χ3v) is 7.05. The fraction of sp³-hybridized carbons (Fsp3) is 0.433. The van der Waals surface area contributed by atoms with Crippen LogP contribution < -0.4 is 14.9 Å². The van der Waals surface area contributed by atoms with Crippen molar-refractivity contribution >= 4 is 21.9 Å². The lowest BCUT2D eigenvalue weighted by Crippen LogP contribution is -2.60. The van der Waals surface area contributed by atoms with Gasteiger partial charge in [0.25, 0.3) is 0 Å². The largest absolute Gasteiger partial charge is 0.507 e. The number of phenolic OH excluding ortho intramolecular Hbond substituents is 2. The fourth-order valence-electron chi connectivity index (χ4n) is 4.84. The number of hydrogen-bond donors (Lipinski definition) is 6. The third kappa shape index (κ3) is 5.77. The molecule has 222 valence electrons. The smallest absolute Gasteiger partial charge is 0.229 e. The highest BCUT2D eigenvalue weighted by molar-refractivity contribution is 5.97. The number of rotatable bonds is 8. The summed E-state index contributed by atoms with van der Waals surface area (Å²) in [5.41, 5.74) is 1.90. The molecule has 1 fully saturated rings. The van der Waals surface area contributed by atoms with Gasteiger partial charge in [-0.1, -0.05) is 23.3 Å². The second-order valence-corrected chi connectivity index (χ2v) is 10.6. The molecule has 0 unspecified atom stereocenters. The number of aliphatic hydroxyl groups excluding tert-OH is 4. The Bertz CT molecular complexity index is 1560. The first-order valence-electron chi connectivity index (χ1n) is 13.2. The molecule has 4 rings (SSSR count). The minimum absolute atomic E-state index is 0.0261. The van der Waals surface area contributed by atoms with Crippen LogP contribution in [-0.4, -0.2) is 75.1 Å². The minimum atomic E-state index is -1.70. The molecule has 0 spiro atoms. The summed E-state index contributed by atoms with van der Waals surface area (Å²) in [6.07, 6.45) is -3.67. The van der Waals surface area contributed by atoms with Crippen molar-refractivity contribution in [2.45, 2.75) is 71.2 Å². The maximum Gasteiger partial charge on any atom is 0.229 e. The average molecular weight is 573 g/mol. The van der Waals surface area contributed by atoms with Crippen LogP contribution in [-0.2, 0) is 17.6 Å². The van der Waals surface area contributed by atoms with Crippen LogP contribution in [0.1, 0.15) is 38.8 Å². The Labute approximate surface area is 236 Å². The van der Waals surface area contributed by atoms with E-state index in [1.807, 2.05) is 33.8 Å². The van der Waals surface area contributed by atoms with Gasteiger partial charge in [0.1, 0.15) is 52.5 Å². The van der Waals surface area contributed by atoms with E-state index in [1.165, 1.54) is 19.2 Å². The monoisotopic (exact) mass is 572 g/mol. The van der Waals surface area contributed by atoms with E-state index in [1.54, 1.807) is 6.08 Å². The lowest BCUT2D eigenvalue weighted by Gasteiger charge is -2.39. The first-order chi connectivity index (χ1) is 19.4. The van der Waals surface area contributed by atoms with Crippen LogP contribution in [0.4, 0.5) is 0 Å². The molecule has 2 aromatic carbocycles. The summed E-state index contributed by atoms with van der Waals surface area (Å²) in [5.74, 6) is -0.562. The molecular formula is C30H36O11. The Morgan fingerprint density at radius 2 is 1.51 bits per heavy atom. The van der Waals surface area contributed by atoms with Crippen LogP contribution in [0.25, 0.3) is 21.9 Å². The summed E-state index contributed by atoms with van der Waals surface area (Å²) >= 11 is 0. The summed E-state index contributed by atoms with van der Waals surface area (Å²) in [6.45, 7) is 6.85. The van der Waals surface area contributed by atoms with Gasteiger partial charge in [-0.3, -0.25) is 4.79 Å². The van der Waals surface area contributed by atoms with Gasteiger partial charge >= 0.3 is 0 Å². The third-order valence-electron chi connectivity index (χ3n) is 7.05. The highest BCUT2D eigenvalue weighted by Gasteiger charge is 2.45. The number of ether oxygens (including phenoxy) is 3. The second kappa shape index (κ2) is 12.1. The number of fused-ring (bicyclic) bond motifs is 2. The van der Waals surface area contributed by atoms with Gasteiger partial charge in [-0.25, -0.2) is 0 Å². The van der Waals surface area contributed by atoms with Gasteiger partial charge in [0.2, 0.25) is 11.7 Å². The zero-order valence-electron chi connectivity index (χ0n) is 23.5. The van der Waals surface area contributed by atoms with E-state index < -0.39 is 48.5 Å². The summed E-state index contributed by atoms with van der Waals surface area (Å²) in [5, 5.41) is 62.5. The van der Waals surface area contributed by atoms with Crippen LogP contribution in [0.3, 0.4) is 0 Å². The van der Waals surface area contributed by atoms with Gasteiger partial charge in [0, 0.05) is 23.3 Å². The predicted molar refractivity (Wildman–Crippen MR) is 151 cm³/mol. The molecule has 3 aromatic rings. The van der Waals surface area contributed by atoms with E-state index in [-0.39, 0.29) is 57.6 Å². The van der Waals surface area contributed by atoms with Crippen LogP contribution >= 0.6 is 0 Å². The van der Waals surface area contributed by atoms with Gasteiger partial charge in [-0.15, -0.1) is 0 Å². The van der Waals surface area contributed by atoms with Crippen LogP contribution in [0.15, 0.2) is 44.6 Å². The number of phenols is 2. The van der Waals surface area contributed by atoms with Crippen LogP contribution in [0, 0.1) is 0 Å². The van der Waals surface area contributed by atoms with Gasteiger partial charge in [-0.05, 0) is 40.5 Å². The maximum atomic E-state index is 14.0. The normalized spacial score (nSPS) is 22.5. The number of benzene rings is 2. The highest BCUT2D eigenvalue weighted by atomic mass is 16.7. The Kier molecular flexibility index (Phi) is 8.95. The van der Waals surface area contributed by atoms with Gasteiger partial charge < -0.3 is 49.3 Å². The van der Waals surface area contributed by atoms with E-state index in [2.05, 4.69) is 0 Å². The van der Waals surface area contributed by atoms with E-state index >= 15 is 0 Å². The molecule has 11 nitrogen and oxygen atoms in total. The molecule has 1 aliphatic rings. The summed E-state index contributed by atoms with van der Waals surface area (Å²) in [7, 11) is 1.38. The lowest BCUT2D eigenvalue weighted by atomic mass is 9.98. The molecule has 0 bridgehead atoms. The van der Waals surface area contributed by atoms with Crippen molar-refractivity contribution < 1.29 is 49.3 Å². The summed E-state index contributed by atoms with van der Waals surface area (Å²) in [6, 6.07) is 2.61. The van der Waals surface area contributed by atoms with Crippen molar-refractivity contribution in [2.24, 2.45) is 0 Å². The molecule has 0 amide bonds. The van der Waals surface area contributed by atoms with E-state index in [0.29, 0.717) is 5.56 Å². The molecule has 1 aromatic heterocycles. The maximum absolute atomic E-state index is 14.0. The Balaban J connectivity index is 1.98. The standard InChI is InChI=1S/C30H36O11/c1-13(2)6-8-15-18(40-30-28(37)27(36)25(34)21(12-31)41-30)11-20-23(24(15)33)26(35)22-16(9-7-14(3)4)29(38-5)17(32)10-19(22)39-20/h6-7,10-11,21,25,27-28,30-34,36-37H,8-9,12H2,1-5H3/t21-,25-,27+,28-,30+/m1/s1. The number of allylic oxidation sites excluding steroid dienone is 4. The quantitative estimate of drug-likeness (QED) is 0.173. The highest BCUT2D eigenvalue weighted by Crippen LogP contribution is 2.41. The Morgan fingerprint density at radius 3 is 2.10 bits per heavy atom. The van der Waals surface area contributed by atoms with Crippen LogP contribution in [0.2, 0.25) is 0 Å². The molecule has 0 aliphatic carbocycles. The molecule has 6 N–H and O–H groups in total. The number of aromatic hydroxyl groups is 2. The van der Waals surface area contributed by atoms with E-state index in [4.69, 9.17) is 18.6 Å². The van der Waals surface area contributed by atoms with E-state index in [9.17, 15) is 35.4 Å². The molecule has 11 heteroatoms. The van der Waals surface area contributed by atoms with Crippen molar-refractivity contribution in [3.63, 3.8) is 0 Å². The number of hydrogen-bond acceptors (Lipinski definition) is 11. The lowest BCUT2D eigenvalue weighted by molar-refractivity contribution is -0.277. The van der Waals surface area contributed by atoms with Crippen molar-refractivity contribution in [1.29, 1.82) is 0 Å². The first kappa shape index (κ1) is 30.4. The zero-order valence-corrected chi connectivity index (χ0v) is 23.5. The van der Waals surface area contributed by atoms with Crippen molar-refractivity contribution in [3.8, 4) is 23.0 Å². The van der Waals surface area contributed by atoms with Gasteiger partial charge in [0.15, 0.2) is 11.5 Å². The SMILES string of the molecule is COc1c(O)cc2oc3cc(O[C@H]4O[C@H](CO)[C@@H](O)[C@H](O)[C@H]4O)c(CC=C(C)C)c(O)c3c(=O)c2c1CC=C(C)C. The first-order valence-corrected chi connectivity index (χ1v) is 13.2. The van der Waals surface area contributed by atoms with Crippen molar-refractivity contribution in [3.05, 3.63) is 56.8 Å². The number of methoxy groups -OCH3 is 1. The molecular weight excluding hydrogens is 536 g/mol.